The van der Waals surface area contributed by atoms with Crippen molar-refractivity contribution in [3.8, 4) is 0 Å². The molecule has 0 aliphatic rings. The van der Waals surface area contributed by atoms with Crippen molar-refractivity contribution in [2.45, 2.75) is 0 Å². The molecule has 92 valence electrons. The Balaban J connectivity index is 2.21. The van der Waals surface area contributed by atoms with Crippen LogP contribution in [0, 0.1) is 0 Å². The van der Waals surface area contributed by atoms with Crippen molar-refractivity contribution in [3.05, 3.63) is 56.7 Å². The van der Waals surface area contributed by atoms with Gasteiger partial charge in [-0.15, -0.1) is 0 Å². The molecule has 0 spiro atoms. The lowest BCUT2D eigenvalue weighted by molar-refractivity contribution is 0.102. The number of hydrogen-bond donors (Lipinski definition) is 1. The van der Waals surface area contributed by atoms with Gasteiger partial charge in [-0.1, -0.05) is 23.2 Å². The standard InChI is InChI=1S/C12H7BrCl2N2O/c13-9-5-7(14)1-2-10(9)17-12(18)11-6-8(15)3-4-16-11/h1-6H,(H,17,18). The summed E-state index contributed by atoms with van der Waals surface area (Å²) < 4.78 is 0.699. The Kier molecular flexibility index (Phi) is 4.22. The molecular formula is C12H7BrCl2N2O. The van der Waals surface area contributed by atoms with Crippen LogP contribution >= 0.6 is 39.1 Å². The van der Waals surface area contributed by atoms with Crippen molar-refractivity contribution in [3.63, 3.8) is 0 Å². The lowest BCUT2D eigenvalue weighted by Crippen LogP contribution is -2.13. The lowest BCUT2D eigenvalue weighted by Gasteiger charge is -2.07. The maximum absolute atomic E-state index is 11.9. The van der Waals surface area contributed by atoms with Crippen molar-refractivity contribution >= 4 is 50.7 Å². The highest BCUT2D eigenvalue weighted by Gasteiger charge is 2.10. The number of nitrogens with one attached hydrogen (secondary N) is 1. The zero-order valence-corrected chi connectivity index (χ0v) is 12.1. The molecule has 0 aliphatic carbocycles. The molecule has 0 atom stereocenters. The van der Waals surface area contributed by atoms with E-state index < -0.39 is 0 Å². The van der Waals surface area contributed by atoms with Gasteiger partial charge in [-0.2, -0.15) is 0 Å². The maximum Gasteiger partial charge on any atom is 0.274 e. The molecule has 0 unspecified atom stereocenters. The number of rotatable bonds is 2. The van der Waals surface area contributed by atoms with Gasteiger partial charge in [0.1, 0.15) is 5.69 Å². The fraction of sp³-hybridized carbons (Fsp3) is 0. The minimum Gasteiger partial charge on any atom is -0.320 e. The normalized spacial score (nSPS) is 10.2. The Morgan fingerprint density at radius 3 is 2.56 bits per heavy atom. The molecule has 0 radical (unpaired) electrons. The number of carbonyl (C=O) groups excluding carboxylic acids is 1. The average Bonchev–Trinajstić information content (AvgIpc) is 2.32. The highest BCUT2D eigenvalue weighted by atomic mass is 79.9. The number of anilines is 1. The predicted molar refractivity (Wildman–Crippen MR) is 76.4 cm³/mol. The summed E-state index contributed by atoms with van der Waals surface area (Å²) in [7, 11) is 0. The van der Waals surface area contributed by atoms with Gasteiger partial charge in [-0.05, 0) is 46.3 Å². The molecule has 1 aromatic heterocycles. The Hall–Kier alpha value is -1.10. The van der Waals surface area contributed by atoms with Gasteiger partial charge in [0.05, 0.1) is 5.69 Å². The van der Waals surface area contributed by atoms with Crippen LogP contribution in [-0.2, 0) is 0 Å². The van der Waals surface area contributed by atoms with Crippen LogP contribution in [0.4, 0.5) is 5.69 Å². The molecule has 0 saturated heterocycles. The predicted octanol–water partition coefficient (Wildman–Crippen LogP) is 4.40. The SMILES string of the molecule is O=C(Nc1ccc(Cl)cc1Br)c1cc(Cl)ccn1. The van der Waals surface area contributed by atoms with Crippen LogP contribution in [0.15, 0.2) is 41.0 Å². The molecule has 0 fully saturated rings. The Labute approximate surface area is 122 Å². The first kappa shape index (κ1) is 13.3. The van der Waals surface area contributed by atoms with Gasteiger partial charge in [0.15, 0.2) is 0 Å². The molecule has 2 rings (SSSR count). The van der Waals surface area contributed by atoms with Gasteiger partial charge in [-0.3, -0.25) is 9.78 Å². The summed E-state index contributed by atoms with van der Waals surface area (Å²) in [4.78, 5) is 15.9. The van der Waals surface area contributed by atoms with Crippen LogP contribution in [-0.4, -0.2) is 10.9 Å². The molecule has 1 amide bonds. The third-order valence-corrected chi connectivity index (χ3v) is 3.26. The Bertz CT molecular complexity index is 604. The largest absolute Gasteiger partial charge is 0.320 e. The molecule has 2 aromatic rings. The summed E-state index contributed by atoms with van der Waals surface area (Å²) in [6, 6.07) is 8.20. The van der Waals surface area contributed by atoms with Crippen molar-refractivity contribution in [2.24, 2.45) is 0 Å². The summed E-state index contributed by atoms with van der Waals surface area (Å²) in [5.74, 6) is -0.333. The minimum atomic E-state index is -0.333. The molecule has 6 heteroatoms. The summed E-state index contributed by atoms with van der Waals surface area (Å²) in [5, 5.41) is 3.76. The maximum atomic E-state index is 11.9. The van der Waals surface area contributed by atoms with Gasteiger partial charge in [0, 0.05) is 20.7 Å². The minimum absolute atomic E-state index is 0.254. The van der Waals surface area contributed by atoms with E-state index >= 15 is 0 Å². The van der Waals surface area contributed by atoms with E-state index in [0.717, 1.165) is 0 Å². The second-order valence-corrected chi connectivity index (χ2v) is 5.16. The molecule has 1 aromatic carbocycles. The monoisotopic (exact) mass is 344 g/mol. The third-order valence-electron chi connectivity index (χ3n) is 2.13. The summed E-state index contributed by atoms with van der Waals surface area (Å²) in [6.07, 6.45) is 1.48. The number of halogens is 3. The second-order valence-electron chi connectivity index (χ2n) is 3.44. The molecular weight excluding hydrogens is 339 g/mol. The van der Waals surface area contributed by atoms with E-state index in [1.54, 1.807) is 24.3 Å². The first-order valence-corrected chi connectivity index (χ1v) is 6.49. The molecule has 0 saturated carbocycles. The first-order valence-electron chi connectivity index (χ1n) is 4.94. The van der Waals surface area contributed by atoms with E-state index in [0.29, 0.717) is 20.2 Å². The quantitative estimate of drug-likeness (QED) is 0.876. The van der Waals surface area contributed by atoms with Crippen molar-refractivity contribution in [1.29, 1.82) is 0 Å². The van der Waals surface area contributed by atoms with Gasteiger partial charge in [-0.25, -0.2) is 0 Å². The van der Waals surface area contributed by atoms with Crippen LogP contribution < -0.4 is 5.32 Å². The highest BCUT2D eigenvalue weighted by molar-refractivity contribution is 9.10. The molecule has 3 nitrogen and oxygen atoms in total. The van der Waals surface area contributed by atoms with Crippen LogP contribution in [0.25, 0.3) is 0 Å². The number of carbonyl (C=O) groups is 1. The van der Waals surface area contributed by atoms with Gasteiger partial charge in [0.2, 0.25) is 0 Å². The molecule has 0 bridgehead atoms. The van der Waals surface area contributed by atoms with E-state index in [4.69, 9.17) is 23.2 Å². The fourth-order valence-corrected chi connectivity index (χ4v) is 2.25. The average molecular weight is 346 g/mol. The van der Waals surface area contributed by atoms with Crippen molar-refractivity contribution < 1.29 is 4.79 Å². The van der Waals surface area contributed by atoms with Gasteiger partial charge in [0.25, 0.3) is 5.91 Å². The number of amides is 1. The van der Waals surface area contributed by atoms with Crippen molar-refractivity contribution in [1.82, 2.24) is 4.98 Å². The molecule has 1 N–H and O–H groups in total. The van der Waals surface area contributed by atoms with Crippen LogP contribution in [0.3, 0.4) is 0 Å². The smallest absolute Gasteiger partial charge is 0.274 e. The summed E-state index contributed by atoms with van der Waals surface area (Å²) >= 11 is 14.9. The number of benzene rings is 1. The van der Waals surface area contributed by atoms with Gasteiger partial charge < -0.3 is 5.32 Å². The van der Waals surface area contributed by atoms with E-state index in [9.17, 15) is 4.79 Å². The fourth-order valence-electron chi connectivity index (χ4n) is 1.31. The van der Waals surface area contributed by atoms with E-state index in [2.05, 4.69) is 26.2 Å². The summed E-state index contributed by atoms with van der Waals surface area (Å²) in [6.45, 7) is 0. The molecule has 1 heterocycles. The van der Waals surface area contributed by atoms with Gasteiger partial charge >= 0.3 is 0 Å². The Morgan fingerprint density at radius 1 is 1.17 bits per heavy atom. The zero-order chi connectivity index (χ0) is 13.1. The first-order chi connectivity index (χ1) is 8.56. The zero-order valence-electron chi connectivity index (χ0n) is 8.95. The van der Waals surface area contributed by atoms with E-state index in [1.807, 2.05) is 0 Å². The third kappa shape index (κ3) is 3.22. The van der Waals surface area contributed by atoms with E-state index in [1.165, 1.54) is 12.3 Å². The highest BCUT2D eigenvalue weighted by Crippen LogP contribution is 2.26. The second kappa shape index (κ2) is 5.69. The van der Waals surface area contributed by atoms with Crippen LogP contribution in [0.1, 0.15) is 10.5 Å². The van der Waals surface area contributed by atoms with Crippen LogP contribution in [0.5, 0.6) is 0 Å². The number of nitrogens with zero attached hydrogens (tertiary/aromatic N) is 1. The number of hydrogen-bond acceptors (Lipinski definition) is 2. The number of pyridine rings is 1. The van der Waals surface area contributed by atoms with Crippen molar-refractivity contribution in [2.75, 3.05) is 5.32 Å². The van der Waals surface area contributed by atoms with Crippen LogP contribution in [0.2, 0.25) is 10.0 Å². The number of aromatic nitrogens is 1. The van der Waals surface area contributed by atoms with E-state index in [-0.39, 0.29) is 11.6 Å². The summed E-state index contributed by atoms with van der Waals surface area (Å²) in [5.41, 5.74) is 0.871. The topological polar surface area (TPSA) is 42.0 Å². The molecule has 18 heavy (non-hydrogen) atoms. The lowest BCUT2D eigenvalue weighted by atomic mass is 10.3. The molecule has 0 aliphatic heterocycles. The Morgan fingerprint density at radius 2 is 1.89 bits per heavy atom.